The van der Waals surface area contributed by atoms with Crippen LogP contribution in [-0.4, -0.2) is 35.5 Å². The van der Waals surface area contributed by atoms with Crippen molar-refractivity contribution in [3.05, 3.63) is 92.7 Å². The van der Waals surface area contributed by atoms with E-state index in [0.717, 1.165) is 64.1 Å². The molecule has 43 heavy (non-hydrogen) atoms. The number of halogens is 1. The summed E-state index contributed by atoms with van der Waals surface area (Å²) in [6, 6.07) is 8.16. The maximum atomic E-state index is 7.12. The van der Waals surface area contributed by atoms with E-state index in [4.69, 9.17) is 30.5 Å². The van der Waals surface area contributed by atoms with Gasteiger partial charge in [0.15, 0.2) is 0 Å². The molecule has 5 rings (SSSR count). The topological polar surface area (TPSA) is 40.2 Å². The van der Waals surface area contributed by atoms with Crippen molar-refractivity contribution in [1.82, 2.24) is 0 Å². The summed E-state index contributed by atoms with van der Waals surface area (Å²) in [6.45, 7) is 11.2. The second kappa shape index (κ2) is 11.5. The van der Waals surface area contributed by atoms with Crippen LogP contribution in [0.25, 0.3) is 5.57 Å². The predicted molar refractivity (Wildman–Crippen MR) is 178 cm³/mol. The van der Waals surface area contributed by atoms with Gasteiger partial charge in [0, 0.05) is 46.3 Å². The molecular weight excluding hydrogens is 558 g/mol. The maximum Gasteiger partial charge on any atom is 0.146 e. The molecule has 1 heterocycles. The molecule has 0 fully saturated rings. The maximum absolute atomic E-state index is 7.12. The molecule has 0 radical (unpaired) electrons. The number of benzene rings is 2. The van der Waals surface area contributed by atoms with Gasteiger partial charge in [-0.05, 0) is 77.8 Å². The number of rotatable bonds is 7. The zero-order valence-electron chi connectivity index (χ0n) is 27.2. The predicted octanol–water partition coefficient (Wildman–Crippen LogP) is 9.26. The van der Waals surface area contributed by atoms with E-state index in [1.54, 1.807) is 28.4 Å². The summed E-state index contributed by atoms with van der Waals surface area (Å²) in [6.07, 6.45) is 11.9. The first kappa shape index (κ1) is 30.9. The highest BCUT2D eigenvalue weighted by Gasteiger charge is 2.41. The summed E-state index contributed by atoms with van der Waals surface area (Å²) in [5.74, 6) is 3.25. The summed E-state index contributed by atoms with van der Waals surface area (Å²) in [5.41, 5.74) is 10.2. The number of likely N-dealkylation sites (N-methyl/N-ethyl adjacent to an activating group) is 1. The van der Waals surface area contributed by atoms with Crippen LogP contribution >= 0.6 is 11.6 Å². The molecule has 0 bridgehead atoms. The van der Waals surface area contributed by atoms with Crippen LogP contribution in [0.15, 0.2) is 76.0 Å². The van der Waals surface area contributed by atoms with Gasteiger partial charge in [-0.15, -0.1) is 0 Å². The van der Waals surface area contributed by atoms with Crippen molar-refractivity contribution >= 4 is 22.9 Å². The number of hydrogen-bond acceptors (Lipinski definition) is 5. The third-order valence-corrected chi connectivity index (χ3v) is 10.0. The molecule has 0 aromatic heterocycles. The lowest BCUT2D eigenvalue weighted by molar-refractivity contribution is 0.391. The standard InChI is InChI=1S/C37H44ClNO4/c1-22-27(36(2,3)28-18-25(40-7)20-30(42-9)33(22)28)16-14-23-12-11-13-24(34(23)38)15-17-32-37(4,5)29-19-26(41-8)21-31(43-10)35(29)39(32)6/h14-21H,11-13H2,1-10H3/b16-14+,24-15?,32-17-. The van der Waals surface area contributed by atoms with Crippen LogP contribution in [-0.2, 0) is 10.8 Å². The molecule has 5 nitrogen and oxygen atoms in total. The Balaban J connectivity index is 1.49. The molecule has 2 aromatic carbocycles. The van der Waals surface area contributed by atoms with Gasteiger partial charge in [0.05, 0.1) is 34.1 Å². The summed E-state index contributed by atoms with van der Waals surface area (Å²) in [7, 11) is 8.91. The lowest BCUT2D eigenvalue weighted by atomic mass is 9.80. The average Bonchev–Trinajstić information content (AvgIpc) is 3.31. The van der Waals surface area contributed by atoms with Gasteiger partial charge in [0.1, 0.15) is 23.0 Å². The van der Waals surface area contributed by atoms with Crippen molar-refractivity contribution in [2.45, 2.75) is 64.7 Å². The first-order valence-electron chi connectivity index (χ1n) is 14.9. The highest BCUT2D eigenvalue weighted by atomic mass is 35.5. The normalized spacial score (nSPS) is 20.8. The summed E-state index contributed by atoms with van der Waals surface area (Å²) in [5, 5.41) is 0.848. The lowest BCUT2D eigenvalue weighted by Crippen LogP contribution is -2.22. The van der Waals surface area contributed by atoms with Gasteiger partial charge in [-0.1, -0.05) is 57.5 Å². The van der Waals surface area contributed by atoms with Gasteiger partial charge in [0.25, 0.3) is 0 Å². The van der Waals surface area contributed by atoms with Crippen molar-refractivity contribution in [3.8, 4) is 23.0 Å². The summed E-state index contributed by atoms with van der Waals surface area (Å²) >= 11 is 7.12. The number of anilines is 1. The Kier molecular flexibility index (Phi) is 8.26. The molecule has 2 aliphatic carbocycles. The van der Waals surface area contributed by atoms with E-state index in [0.29, 0.717) is 0 Å². The molecule has 228 valence electrons. The van der Waals surface area contributed by atoms with Gasteiger partial charge in [-0.2, -0.15) is 0 Å². The zero-order valence-corrected chi connectivity index (χ0v) is 28.0. The molecule has 1 aliphatic heterocycles. The molecule has 3 aliphatic rings. The minimum Gasteiger partial charge on any atom is -0.497 e. The quantitative estimate of drug-likeness (QED) is 0.316. The first-order chi connectivity index (χ1) is 20.4. The van der Waals surface area contributed by atoms with Crippen molar-refractivity contribution in [2.24, 2.45) is 0 Å². The van der Waals surface area contributed by atoms with E-state index in [9.17, 15) is 0 Å². The van der Waals surface area contributed by atoms with Crippen LogP contribution in [0.2, 0.25) is 0 Å². The fourth-order valence-electron chi connectivity index (χ4n) is 7.08. The summed E-state index contributed by atoms with van der Waals surface area (Å²) in [4.78, 5) is 2.23. The minimum absolute atomic E-state index is 0.195. The fraction of sp³-hybridized carbons (Fsp3) is 0.405. The zero-order chi connectivity index (χ0) is 31.3. The van der Waals surface area contributed by atoms with E-state index in [1.165, 1.54) is 33.5 Å². The highest BCUT2D eigenvalue weighted by molar-refractivity contribution is 6.32. The Bertz CT molecular complexity index is 1620. The SMILES string of the molecule is COc1cc(OC)c2c(c1)C(C)(C)C(/C=C/C1=C(Cl)C(=C/C=C3\N(C)c4c(OC)cc(OC)cc4C3(C)C)CCC1)=C2C. The van der Waals surface area contributed by atoms with E-state index in [1.807, 2.05) is 12.1 Å². The number of allylic oxidation sites excluding steroid dienone is 10. The lowest BCUT2D eigenvalue weighted by Gasteiger charge is -2.25. The Morgan fingerprint density at radius 1 is 0.767 bits per heavy atom. The van der Waals surface area contributed by atoms with Crippen molar-refractivity contribution in [3.63, 3.8) is 0 Å². The molecule has 0 saturated carbocycles. The van der Waals surface area contributed by atoms with Gasteiger partial charge < -0.3 is 23.8 Å². The Hall–Kier alpha value is -3.57. The number of hydrogen-bond donors (Lipinski definition) is 0. The van der Waals surface area contributed by atoms with Gasteiger partial charge in [-0.3, -0.25) is 0 Å². The van der Waals surface area contributed by atoms with E-state index in [2.05, 4.69) is 83.0 Å². The van der Waals surface area contributed by atoms with Gasteiger partial charge in [-0.25, -0.2) is 0 Å². The third-order valence-electron chi connectivity index (χ3n) is 9.52. The van der Waals surface area contributed by atoms with E-state index in [-0.39, 0.29) is 10.8 Å². The number of ether oxygens (including phenoxy) is 4. The molecule has 0 atom stereocenters. The number of fused-ring (bicyclic) bond motifs is 2. The highest BCUT2D eigenvalue weighted by Crippen LogP contribution is 2.53. The third kappa shape index (κ3) is 5.06. The van der Waals surface area contributed by atoms with Crippen LogP contribution in [0.1, 0.15) is 70.6 Å². The smallest absolute Gasteiger partial charge is 0.146 e. The van der Waals surface area contributed by atoms with Gasteiger partial charge >= 0.3 is 0 Å². The Morgan fingerprint density at radius 2 is 1.40 bits per heavy atom. The molecule has 0 saturated heterocycles. The van der Waals surface area contributed by atoms with Crippen molar-refractivity contribution < 1.29 is 18.9 Å². The van der Waals surface area contributed by atoms with Crippen LogP contribution < -0.4 is 23.8 Å². The average molecular weight is 602 g/mol. The number of nitrogens with zero attached hydrogens (tertiary/aromatic N) is 1. The molecule has 0 N–H and O–H groups in total. The van der Waals surface area contributed by atoms with E-state index >= 15 is 0 Å². The Labute approximate surface area is 262 Å². The van der Waals surface area contributed by atoms with Crippen LogP contribution in [0, 0.1) is 0 Å². The Morgan fingerprint density at radius 3 is 2.02 bits per heavy atom. The molecule has 0 unspecified atom stereocenters. The van der Waals surface area contributed by atoms with Crippen molar-refractivity contribution in [1.29, 1.82) is 0 Å². The minimum atomic E-state index is -0.229. The van der Waals surface area contributed by atoms with E-state index < -0.39 is 0 Å². The largest absolute Gasteiger partial charge is 0.497 e. The molecule has 2 aromatic rings. The van der Waals surface area contributed by atoms with Crippen molar-refractivity contribution in [2.75, 3.05) is 40.4 Å². The second-order valence-corrected chi connectivity index (χ2v) is 13.0. The van der Waals surface area contributed by atoms with Crippen LogP contribution in [0.3, 0.4) is 0 Å². The fourth-order valence-corrected chi connectivity index (χ4v) is 7.39. The van der Waals surface area contributed by atoms with Gasteiger partial charge in [0.2, 0.25) is 0 Å². The number of methoxy groups -OCH3 is 4. The first-order valence-corrected chi connectivity index (χ1v) is 15.2. The molecular formula is C37H44ClNO4. The molecule has 0 spiro atoms. The summed E-state index contributed by atoms with van der Waals surface area (Å²) < 4.78 is 22.7. The van der Waals surface area contributed by atoms with Crippen LogP contribution in [0.4, 0.5) is 5.69 Å². The molecule has 6 heteroatoms. The van der Waals surface area contributed by atoms with Crippen LogP contribution in [0.5, 0.6) is 23.0 Å². The molecule has 0 amide bonds. The second-order valence-electron chi connectivity index (χ2n) is 12.6. The monoisotopic (exact) mass is 601 g/mol.